The standard InChI is InChI=1S/C11H12BrN3S/c1-7-10(15-8(2)16-7)6-14-11-4-3-9(12)5-13-11/h3-5H,6H2,1-2H3,(H,13,14). The van der Waals surface area contributed by atoms with Crippen LogP contribution in [-0.2, 0) is 6.54 Å². The van der Waals surface area contributed by atoms with E-state index in [2.05, 4.69) is 38.1 Å². The molecule has 1 N–H and O–H groups in total. The second-order valence-electron chi connectivity index (χ2n) is 3.45. The minimum absolute atomic E-state index is 0.727. The molecule has 0 aliphatic carbocycles. The number of halogens is 1. The highest BCUT2D eigenvalue weighted by Gasteiger charge is 2.04. The molecule has 5 heteroatoms. The Bertz CT molecular complexity index is 478. The number of hydrogen-bond donors (Lipinski definition) is 1. The van der Waals surface area contributed by atoms with Crippen LogP contribution in [0.15, 0.2) is 22.8 Å². The van der Waals surface area contributed by atoms with E-state index in [1.54, 1.807) is 17.5 Å². The molecule has 0 amide bonds. The number of aryl methyl sites for hydroxylation is 2. The van der Waals surface area contributed by atoms with Crippen molar-refractivity contribution >= 4 is 33.1 Å². The molecule has 0 aliphatic heterocycles. The highest BCUT2D eigenvalue weighted by atomic mass is 79.9. The summed E-state index contributed by atoms with van der Waals surface area (Å²) < 4.78 is 0.985. The van der Waals surface area contributed by atoms with Gasteiger partial charge in [-0.05, 0) is 41.9 Å². The maximum atomic E-state index is 4.46. The number of aromatic nitrogens is 2. The molecule has 0 radical (unpaired) electrons. The lowest BCUT2D eigenvalue weighted by molar-refractivity contribution is 1.02. The van der Waals surface area contributed by atoms with Gasteiger partial charge in [0.05, 0.1) is 17.2 Å². The average Bonchev–Trinajstić information content (AvgIpc) is 2.57. The third-order valence-corrected chi connectivity index (χ3v) is 3.56. The number of hydrogen-bond acceptors (Lipinski definition) is 4. The van der Waals surface area contributed by atoms with Crippen LogP contribution in [0.4, 0.5) is 5.82 Å². The van der Waals surface area contributed by atoms with Crippen LogP contribution in [0.3, 0.4) is 0 Å². The molecule has 0 saturated carbocycles. The van der Waals surface area contributed by atoms with Gasteiger partial charge in [0.1, 0.15) is 5.82 Å². The van der Waals surface area contributed by atoms with E-state index in [0.717, 1.165) is 27.5 Å². The van der Waals surface area contributed by atoms with Gasteiger partial charge in [0.25, 0.3) is 0 Å². The second-order valence-corrected chi connectivity index (χ2v) is 5.77. The molecule has 0 fully saturated rings. The SMILES string of the molecule is Cc1nc(CNc2ccc(Br)cn2)c(C)s1. The summed E-state index contributed by atoms with van der Waals surface area (Å²) >= 11 is 5.08. The summed E-state index contributed by atoms with van der Waals surface area (Å²) in [6.45, 7) is 4.85. The fourth-order valence-corrected chi connectivity index (χ4v) is 2.46. The molecule has 0 atom stereocenters. The Balaban J connectivity index is 2.02. The van der Waals surface area contributed by atoms with Crippen molar-refractivity contribution in [2.75, 3.05) is 5.32 Å². The Kier molecular flexibility index (Phi) is 3.56. The number of pyridine rings is 1. The molecule has 0 aliphatic rings. The van der Waals surface area contributed by atoms with Gasteiger partial charge in [0.2, 0.25) is 0 Å². The van der Waals surface area contributed by atoms with E-state index in [1.807, 2.05) is 19.1 Å². The highest BCUT2D eigenvalue weighted by Crippen LogP contribution is 2.17. The van der Waals surface area contributed by atoms with E-state index in [4.69, 9.17) is 0 Å². The zero-order valence-corrected chi connectivity index (χ0v) is 11.5. The number of anilines is 1. The van der Waals surface area contributed by atoms with Gasteiger partial charge in [0, 0.05) is 15.5 Å². The third kappa shape index (κ3) is 2.80. The first-order valence-corrected chi connectivity index (χ1v) is 6.54. The summed E-state index contributed by atoms with van der Waals surface area (Å²) in [5.41, 5.74) is 1.10. The van der Waals surface area contributed by atoms with Crippen molar-refractivity contribution in [2.45, 2.75) is 20.4 Å². The molecule has 0 aromatic carbocycles. The number of rotatable bonds is 3. The van der Waals surface area contributed by atoms with Crippen molar-refractivity contribution < 1.29 is 0 Å². The first kappa shape index (κ1) is 11.5. The maximum absolute atomic E-state index is 4.46. The third-order valence-electron chi connectivity index (χ3n) is 2.16. The molecule has 84 valence electrons. The van der Waals surface area contributed by atoms with Gasteiger partial charge in [-0.2, -0.15) is 0 Å². The Morgan fingerprint density at radius 2 is 2.19 bits per heavy atom. The topological polar surface area (TPSA) is 37.8 Å². The van der Waals surface area contributed by atoms with Gasteiger partial charge in [-0.3, -0.25) is 0 Å². The average molecular weight is 298 g/mol. The van der Waals surface area contributed by atoms with Crippen LogP contribution in [0.2, 0.25) is 0 Å². The summed E-state index contributed by atoms with van der Waals surface area (Å²) in [7, 11) is 0. The van der Waals surface area contributed by atoms with E-state index < -0.39 is 0 Å². The molecule has 2 heterocycles. The van der Waals surface area contributed by atoms with E-state index in [0.29, 0.717) is 0 Å². The summed E-state index contributed by atoms with van der Waals surface area (Å²) in [6.07, 6.45) is 1.78. The Hall–Kier alpha value is -0.940. The zero-order valence-electron chi connectivity index (χ0n) is 9.12. The second kappa shape index (κ2) is 4.93. The Morgan fingerprint density at radius 1 is 1.38 bits per heavy atom. The molecule has 0 unspecified atom stereocenters. The summed E-state index contributed by atoms with van der Waals surface area (Å²) in [5.74, 6) is 0.869. The molecular weight excluding hydrogens is 286 g/mol. The van der Waals surface area contributed by atoms with Crippen molar-refractivity contribution in [3.63, 3.8) is 0 Å². The minimum Gasteiger partial charge on any atom is -0.364 e. The molecule has 2 rings (SSSR count). The lowest BCUT2D eigenvalue weighted by Gasteiger charge is -2.03. The lowest BCUT2D eigenvalue weighted by atomic mass is 10.3. The molecule has 16 heavy (non-hydrogen) atoms. The Labute approximate surface area is 107 Å². The maximum Gasteiger partial charge on any atom is 0.126 e. The summed E-state index contributed by atoms with van der Waals surface area (Å²) in [5, 5.41) is 4.36. The fourth-order valence-electron chi connectivity index (χ4n) is 1.39. The first-order valence-electron chi connectivity index (χ1n) is 4.93. The van der Waals surface area contributed by atoms with Crippen LogP contribution >= 0.6 is 27.3 Å². The van der Waals surface area contributed by atoms with Gasteiger partial charge in [0.15, 0.2) is 0 Å². The van der Waals surface area contributed by atoms with Crippen molar-refractivity contribution in [2.24, 2.45) is 0 Å². The van der Waals surface area contributed by atoms with Crippen molar-refractivity contribution in [3.8, 4) is 0 Å². The van der Waals surface area contributed by atoms with E-state index in [9.17, 15) is 0 Å². The molecule has 3 nitrogen and oxygen atoms in total. The number of thiazole rings is 1. The van der Waals surface area contributed by atoms with Crippen molar-refractivity contribution in [3.05, 3.63) is 38.4 Å². The predicted molar refractivity (Wildman–Crippen MR) is 70.9 cm³/mol. The quantitative estimate of drug-likeness (QED) is 0.942. The highest BCUT2D eigenvalue weighted by molar-refractivity contribution is 9.10. The van der Waals surface area contributed by atoms with E-state index in [-0.39, 0.29) is 0 Å². The molecule has 0 spiro atoms. The molecule has 2 aromatic rings. The van der Waals surface area contributed by atoms with Crippen LogP contribution in [0.1, 0.15) is 15.6 Å². The van der Waals surface area contributed by atoms with Gasteiger partial charge in [-0.25, -0.2) is 9.97 Å². The minimum atomic E-state index is 0.727. The molecule has 0 bridgehead atoms. The molecule has 0 saturated heterocycles. The van der Waals surface area contributed by atoms with Crippen LogP contribution < -0.4 is 5.32 Å². The predicted octanol–water partition coefficient (Wildman–Crippen LogP) is 3.53. The summed E-state index contributed by atoms with van der Waals surface area (Å²) in [4.78, 5) is 9.98. The lowest BCUT2D eigenvalue weighted by Crippen LogP contribution is -2.02. The van der Waals surface area contributed by atoms with Crippen LogP contribution in [0.25, 0.3) is 0 Å². The van der Waals surface area contributed by atoms with Gasteiger partial charge in [-0.15, -0.1) is 11.3 Å². The van der Waals surface area contributed by atoms with Crippen molar-refractivity contribution in [1.29, 1.82) is 0 Å². The van der Waals surface area contributed by atoms with Crippen LogP contribution in [0, 0.1) is 13.8 Å². The van der Waals surface area contributed by atoms with Gasteiger partial charge >= 0.3 is 0 Å². The van der Waals surface area contributed by atoms with Crippen LogP contribution in [-0.4, -0.2) is 9.97 Å². The first-order chi connectivity index (χ1) is 7.65. The van der Waals surface area contributed by atoms with Crippen LogP contribution in [0.5, 0.6) is 0 Å². The fraction of sp³-hybridized carbons (Fsp3) is 0.273. The zero-order chi connectivity index (χ0) is 11.5. The van der Waals surface area contributed by atoms with E-state index in [1.165, 1.54) is 4.88 Å². The number of nitrogens with one attached hydrogen (secondary N) is 1. The largest absolute Gasteiger partial charge is 0.364 e. The van der Waals surface area contributed by atoms with Crippen molar-refractivity contribution in [1.82, 2.24) is 9.97 Å². The summed E-state index contributed by atoms with van der Waals surface area (Å²) in [6, 6.07) is 3.91. The Morgan fingerprint density at radius 3 is 2.75 bits per heavy atom. The normalized spacial score (nSPS) is 10.4. The van der Waals surface area contributed by atoms with Gasteiger partial charge < -0.3 is 5.32 Å². The molecular formula is C11H12BrN3S. The molecule has 2 aromatic heterocycles. The monoisotopic (exact) mass is 297 g/mol. The number of nitrogens with zero attached hydrogens (tertiary/aromatic N) is 2. The van der Waals surface area contributed by atoms with E-state index >= 15 is 0 Å². The smallest absolute Gasteiger partial charge is 0.126 e. The van der Waals surface area contributed by atoms with Gasteiger partial charge in [-0.1, -0.05) is 0 Å².